The molecule has 26 heavy (non-hydrogen) atoms. The number of anilines is 1. The van der Waals surface area contributed by atoms with Crippen molar-refractivity contribution < 1.29 is 5.11 Å². The van der Waals surface area contributed by atoms with Gasteiger partial charge in [0.1, 0.15) is 6.23 Å². The number of aliphatic hydroxyl groups excluding tert-OH is 1. The van der Waals surface area contributed by atoms with Gasteiger partial charge in [-0.15, -0.1) is 11.8 Å². The van der Waals surface area contributed by atoms with Gasteiger partial charge in [-0.25, -0.2) is 0 Å². The molecule has 2 aliphatic rings. The van der Waals surface area contributed by atoms with E-state index in [2.05, 4.69) is 53.5 Å². The number of hydrogen-bond donors (Lipinski definition) is 2. The number of para-hydroxylation sites is 1. The molecule has 0 aromatic heterocycles. The van der Waals surface area contributed by atoms with Crippen LogP contribution in [0.3, 0.4) is 0 Å². The van der Waals surface area contributed by atoms with E-state index in [4.69, 9.17) is 0 Å². The molecule has 0 bridgehead atoms. The molecule has 0 radical (unpaired) electrons. The first-order valence-corrected chi connectivity index (χ1v) is 10.7. The van der Waals surface area contributed by atoms with Crippen molar-refractivity contribution in [3.05, 3.63) is 58.7 Å². The molecule has 138 valence electrons. The summed E-state index contributed by atoms with van der Waals surface area (Å²) in [5, 5.41) is 13.9. The first-order chi connectivity index (χ1) is 12.7. The van der Waals surface area contributed by atoms with Crippen LogP contribution in [0.5, 0.6) is 0 Å². The average Bonchev–Trinajstić information content (AvgIpc) is 2.81. The summed E-state index contributed by atoms with van der Waals surface area (Å²) in [5.41, 5.74) is 6.96. The van der Waals surface area contributed by atoms with Gasteiger partial charge < -0.3 is 15.3 Å². The highest BCUT2D eigenvalue weighted by atomic mass is 32.2. The summed E-state index contributed by atoms with van der Waals surface area (Å²) in [4.78, 5) is 3.66. The molecule has 2 N–H and O–H groups in total. The SMILES string of the molecule is Cc1ccc2c(c1SCCCN1c3ccccc3CC1O)CCNCC2. The molecule has 2 heterocycles. The second kappa shape index (κ2) is 8.03. The smallest absolute Gasteiger partial charge is 0.131 e. The number of fused-ring (bicyclic) bond motifs is 2. The summed E-state index contributed by atoms with van der Waals surface area (Å²) < 4.78 is 0. The molecule has 2 aromatic rings. The van der Waals surface area contributed by atoms with E-state index in [1.54, 1.807) is 5.56 Å². The fourth-order valence-corrected chi connectivity index (χ4v) is 5.35. The van der Waals surface area contributed by atoms with Crippen LogP contribution in [-0.4, -0.2) is 36.7 Å². The number of benzene rings is 2. The van der Waals surface area contributed by atoms with Crippen LogP contribution in [0.25, 0.3) is 0 Å². The number of aliphatic hydroxyl groups is 1. The fraction of sp³-hybridized carbons (Fsp3) is 0.455. The molecular weight excluding hydrogens is 340 g/mol. The maximum Gasteiger partial charge on any atom is 0.131 e. The fourth-order valence-electron chi connectivity index (χ4n) is 4.17. The minimum Gasteiger partial charge on any atom is -0.373 e. The van der Waals surface area contributed by atoms with Gasteiger partial charge in [-0.3, -0.25) is 0 Å². The lowest BCUT2D eigenvalue weighted by Gasteiger charge is -2.23. The Hall–Kier alpha value is -1.49. The van der Waals surface area contributed by atoms with E-state index in [-0.39, 0.29) is 6.23 Å². The molecule has 0 fully saturated rings. The normalized spacial score (nSPS) is 19.2. The van der Waals surface area contributed by atoms with Crippen LogP contribution in [0.15, 0.2) is 41.3 Å². The third-order valence-electron chi connectivity index (χ3n) is 5.53. The maximum atomic E-state index is 10.4. The minimum atomic E-state index is -0.363. The average molecular weight is 369 g/mol. The zero-order valence-corrected chi connectivity index (χ0v) is 16.3. The molecule has 0 spiro atoms. The van der Waals surface area contributed by atoms with Gasteiger partial charge in [0.25, 0.3) is 0 Å². The zero-order valence-electron chi connectivity index (χ0n) is 15.5. The van der Waals surface area contributed by atoms with E-state index in [9.17, 15) is 5.11 Å². The molecule has 4 rings (SSSR count). The van der Waals surface area contributed by atoms with E-state index < -0.39 is 0 Å². The first kappa shape index (κ1) is 17.9. The molecule has 0 saturated heterocycles. The lowest BCUT2D eigenvalue weighted by Crippen LogP contribution is -2.32. The van der Waals surface area contributed by atoms with Crippen molar-refractivity contribution in [1.29, 1.82) is 0 Å². The van der Waals surface area contributed by atoms with Gasteiger partial charge in [-0.2, -0.15) is 0 Å². The van der Waals surface area contributed by atoms with E-state index in [0.717, 1.165) is 51.1 Å². The predicted octanol–water partition coefficient (Wildman–Crippen LogP) is 3.55. The molecule has 2 aliphatic heterocycles. The van der Waals surface area contributed by atoms with E-state index in [1.807, 2.05) is 11.8 Å². The number of thioether (sulfide) groups is 1. The number of rotatable bonds is 5. The van der Waals surface area contributed by atoms with Crippen LogP contribution in [0.1, 0.15) is 28.7 Å². The first-order valence-electron chi connectivity index (χ1n) is 9.71. The lowest BCUT2D eigenvalue weighted by atomic mass is 10.0. The Bertz CT molecular complexity index is 777. The summed E-state index contributed by atoms with van der Waals surface area (Å²) in [6.45, 7) is 5.33. The number of aryl methyl sites for hydroxylation is 1. The standard InChI is InChI=1S/C22H28N2OS/c1-16-7-8-17-9-11-23-12-10-19(17)22(16)26-14-4-13-24-20-6-3-2-5-18(20)15-21(24)25/h2-3,5-8,21,23,25H,4,9-15H2,1H3. The highest BCUT2D eigenvalue weighted by Crippen LogP contribution is 2.33. The van der Waals surface area contributed by atoms with Crippen molar-refractivity contribution in [2.45, 2.75) is 43.7 Å². The Kier molecular flexibility index (Phi) is 5.53. The van der Waals surface area contributed by atoms with Gasteiger partial charge in [0.05, 0.1) is 0 Å². The van der Waals surface area contributed by atoms with E-state index in [1.165, 1.54) is 27.3 Å². The highest BCUT2D eigenvalue weighted by molar-refractivity contribution is 7.99. The van der Waals surface area contributed by atoms with E-state index in [0.29, 0.717) is 0 Å². The quantitative estimate of drug-likeness (QED) is 0.625. The van der Waals surface area contributed by atoms with Crippen LogP contribution < -0.4 is 10.2 Å². The van der Waals surface area contributed by atoms with Crippen molar-refractivity contribution in [3.63, 3.8) is 0 Å². The molecular formula is C22H28N2OS. The minimum absolute atomic E-state index is 0.363. The van der Waals surface area contributed by atoms with Gasteiger partial charge in [-0.1, -0.05) is 30.3 Å². The molecule has 0 saturated carbocycles. The number of nitrogens with one attached hydrogen (secondary N) is 1. The Morgan fingerprint density at radius 1 is 1.12 bits per heavy atom. The molecule has 4 heteroatoms. The molecule has 2 aromatic carbocycles. The van der Waals surface area contributed by atoms with Crippen LogP contribution in [0.4, 0.5) is 5.69 Å². The van der Waals surface area contributed by atoms with Crippen molar-refractivity contribution in [3.8, 4) is 0 Å². The third-order valence-corrected chi connectivity index (χ3v) is 6.88. The van der Waals surface area contributed by atoms with Crippen LogP contribution in [-0.2, 0) is 19.3 Å². The second-order valence-electron chi connectivity index (χ2n) is 7.31. The summed E-state index contributed by atoms with van der Waals surface area (Å²) in [5.74, 6) is 1.09. The van der Waals surface area contributed by atoms with Crippen molar-refractivity contribution in [1.82, 2.24) is 5.32 Å². The van der Waals surface area contributed by atoms with Crippen molar-refractivity contribution in [2.24, 2.45) is 0 Å². The van der Waals surface area contributed by atoms with Crippen LogP contribution >= 0.6 is 11.8 Å². The number of nitrogens with zero attached hydrogens (tertiary/aromatic N) is 1. The largest absolute Gasteiger partial charge is 0.373 e. The molecule has 1 atom stereocenters. The third kappa shape index (κ3) is 3.64. The topological polar surface area (TPSA) is 35.5 Å². The monoisotopic (exact) mass is 368 g/mol. The summed E-state index contributed by atoms with van der Waals surface area (Å²) in [6.07, 6.45) is 3.74. The molecule has 1 unspecified atom stereocenters. The summed E-state index contributed by atoms with van der Waals surface area (Å²) in [6, 6.07) is 13.0. The van der Waals surface area contributed by atoms with Gasteiger partial charge in [0.2, 0.25) is 0 Å². The van der Waals surface area contributed by atoms with Crippen molar-refractivity contribution >= 4 is 17.4 Å². The van der Waals surface area contributed by atoms with E-state index >= 15 is 0 Å². The summed E-state index contributed by atoms with van der Waals surface area (Å²) in [7, 11) is 0. The van der Waals surface area contributed by atoms with Gasteiger partial charge in [0, 0.05) is 23.5 Å². The van der Waals surface area contributed by atoms with Gasteiger partial charge in [0.15, 0.2) is 0 Å². The van der Waals surface area contributed by atoms with Gasteiger partial charge in [-0.05, 0) is 73.3 Å². The Morgan fingerprint density at radius 3 is 2.88 bits per heavy atom. The lowest BCUT2D eigenvalue weighted by molar-refractivity contribution is 0.179. The molecule has 3 nitrogen and oxygen atoms in total. The van der Waals surface area contributed by atoms with Crippen LogP contribution in [0, 0.1) is 6.92 Å². The Labute approximate surface area is 160 Å². The van der Waals surface area contributed by atoms with Crippen molar-refractivity contribution in [2.75, 3.05) is 30.3 Å². The predicted molar refractivity (Wildman–Crippen MR) is 110 cm³/mol. The highest BCUT2D eigenvalue weighted by Gasteiger charge is 2.26. The van der Waals surface area contributed by atoms with Gasteiger partial charge >= 0.3 is 0 Å². The zero-order chi connectivity index (χ0) is 17.9. The Balaban J connectivity index is 1.39. The van der Waals surface area contributed by atoms with Crippen LogP contribution in [0.2, 0.25) is 0 Å². The maximum absolute atomic E-state index is 10.4. The second-order valence-corrected chi connectivity index (χ2v) is 8.41. The molecule has 0 aliphatic carbocycles. The number of hydrogen-bond acceptors (Lipinski definition) is 4. The summed E-state index contributed by atoms with van der Waals surface area (Å²) >= 11 is 2.00. The molecule has 0 amide bonds. The Morgan fingerprint density at radius 2 is 1.96 bits per heavy atom.